The Bertz CT molecular complexity index is 531. The van der Waals surface area contributed by atoms with Crippen molar-refractivity contribution >= 4 is 0 Å². The van der Waals surface area contributed by atoms with E-state index in [1.165, 1.54) is 6.07 Å². The quantitative estimate of drug-likeness (QED) is 0.775. The van der Waals surface area contributed by atoms with Gasteiger partial charge in [-0.2, -0.15) is 0 Å². The van der Waals surface area contributed by atoms with Crippen LogP contribution in [0.4, 0.5) is 8.78 Å². The molecule has 0 fully saturated rings. The van der Waals surface area contributed by atoms with Gasteiger partial charge in [-0.25, -0.2) is 13.8 Å². The van der Waals surface area contributed by atoms with E-state index in [0.29, 0.717) is 0 Å². The van der Waals surface area contributed by atoms with Crippen molar-refractivity contribution in [3.05, 3.63) is 52.6 Å². The Balaban J connectivity index is 2.69. The molecule has 0 atom stereocenters. The van der Waals surface area contributed by atoms with Gasteiger partial charge in [0.05, 0.1) is 17.6 Å². The molecular weight excluding hydrogens is 202 g/mol. The number of aromatic amines is 1. The molecule has 0 saturated carbocycles. The monoisotopic (exact) mass is 208 g/mol. The molecule has 1 N–H and O–H groups in total. The van der Waals surface area contributed by atoms with Gasteiger partial charge >= 0.3 is 0 Å². The van der Waals surface area contributed by atoms with Crippen LogP contribution in [0.5, 0.6) is 0 Å². The Morgan fingerprint density at radius 1 is 1.20 bits per heavy atom. The second-order valence-electron chi connectivity index (χ2n) is 2.89. The molecule has 2 aromatic rings. The highest BCUT2D eigenvalue weighted by molar-refractivity contribution is 5.59. The number of halogens is 2. The van der Waals surface area contributed by atoms with Crippen LogP contribution in [0.1, 0.15) is 0 Å². The summed E-state index contributed by atoms with van der Waals surface area (Å²) in [6, 6.07) is 4.52. The molecule has 0 aliphatic heterocycles. The molecule has 0 radical (unpaired) electrons. The summed E-state index contributed by atoms with van der Waals surface area (Å²) in [5.41, 5.74) is -0.763. The molecule has 0 aliphatic carbocycles. The highest BCUT2D eigenvalue weighted by atomic mass is 19.1. The summed E-state index contributed by atoms with van der Waals surface area (Å²) in [5, 5.41) is 0. The van der Waals surface area contributed by atoms with E-state index < -0.39 is 17.2 Å². The number of nitrogens with one attached hydrogen (secondary N) is 1. The SMILES string of the molecule is O=c1cc(-c2c(F)cccc2F)nc[nH]1. The van der Waals surface area contributed by atoms with E-state index in [-0.39, 0.29) is 11.3 Å². The number of H-pyrrole nitrogens is 1. The maximum atomic E-state index is 13.3. The standard InChI is InChI=1S/C10H6F2N2O/c11-6-2-1-3-7(12)10(6)8-4-9(15)14-5-13-8/h1-5H,(H,13,14,15). The fourth-order valence-electron chi connectivity index (χ4n) is 1.25. The van der Waals surface area contributed by atoms with Gasteiger partial charge in [-0.1, -0.05) is 6.07 Å². The van der Waals surface area contributed by atoms with Crippen molar-refractivity contribution in [3.8, 4) is 11.3 Å². The maximum Gasteiger partial charge on any atom is 0.251 e. The summed E-state index contributed by atoms with van der Waals surface area (Å²) >= 11 is 0. The number of rotatable bonds is 1. The van der Waals surface area contributed by atoms with Gasteiger partial charge in [-0.15, -0.1) is 0 Å². The van der Waals surface area contributed by atoms with E-state index in [1.807, 2.05) is 0 Å². The average Bonchev–Trinajstić information content (AvgIpc) is 2.17. The van der Waals surface area contributed by atoms with Crippen molar-refractivity contribution in [1.29, 1.82) is 0 Å². The number of aromatic nitrogens is 2. The second-order valence-corrected chi connectivity index (χ2v) is 2.89. The largest absolute Gasteiger partial charge is 0.313 e. The van der Waals surface area contributed by atoms with Crippen molar-refractivity contribution in [3.63, 3.8) is 0 Å². The molecule has 1 aromatic carbocycles. The summed E-state index contributed by atoms with van der Waals surface area (Å²) in [5.74, 6) is -1.48. The van der Waals surface area contributed by atoms with Gasteiger partial charge in [0.1, 0.15) is 11.6 Å². The van der Waals surface area contributed by atoms with Gasteiger partial charge in [0, 0.05) is 6.07 Å². The Kier molecular flexibility index (Phi) is 2.29. The molecule has 2 rings (SSSR count). The summed E-state index contributed by atoms with van der Waals surface area (Å²) in [7, 11) is 0. The Hall–Kier alpha value is -2.04. The third-order valence-electron chi connectivity index (χ3n) is 1.90. The molecule has 0 amide bonds. The molecule has 15 heavy (non-hydrogen) atoms. The Morgan fingerprint density at radius 2 is 1.87 bits per heavy atom. The normalized spacial score (nSPS) is 10.3. The first kappa shape index (κ1) is 9.51. The minimum Gasteiger partial charge on any atom is -0.313 e. The van der Waals surface area contributed by atoms with Crippen LogP contribution in [0.2, 0.25) is 0 Å². The molecular formula is C10H6F2N2O. The molecule has 1 heterocycles. The molecule has 0 saturated heterocycles. The van der Waals surface area contributed by atoms with Crippen LogP contribution in [0.25, 0.3) is 11.3 Å². The fourth-order valence-corrected chi connectivity index (χ4v) is 1.25. The summed E-state index contributed by atoms with van der Waals surface area (Å²) < 4.78 is 26.6. The highest BCUT2D eigenvalue weighted by Crippen LogP contribution is 2.22. The van der Waals surface area contributed by atoms with Crippen LogP contribution in [0.15, 0.2) is 35.4 Å². The van der Waals surface area contributed by atoms with Crippen LogP contribution < -0.4 is 5.56 Å². The zero-order valence-corrected chi connectivity index (χ0v) is 7.50. The Morgan fingerprint density at radius 3 is 2.47 bits per heavy atom. The first-order valence-corrected chi connectivity index (χ1v) is 4.17. The summed E-state index contributed by atoms with van der Waals surface area (Å²) in [6.45, 7) is 0. The first-order valence-electron chi connectivity index (χ1n) is 4.17. The smallest absolute Gasteiger partial charge is 0.251 e. The van der Waals surface area contributed by atoms with E-state index in [2.05, 4.69) is 9.97 Å². The lowest BCUT2D eigenvalue weighted by Gasteiger charge is -2.02. The number of nitrogens with zero attached hydrogens (tertiary/aromatic N) is 1. The van der Waals surface area contributed by atoms with Gasteiger partial charge in [0.15, 0.2) is 0 Å². The van der Waals surface area contributed by atoms with Gasteiger partial charge in [-0.3, -0.25) is 4.79 Å². The van der Waals surface area contributed by atoms with Crippen molar-refractivity contribution in [2.24, 2.45) is 0 Å². The van der Waals surface area contributed by atoms with E-state index in [0.717, 1.165) is 24.5 Å². The molecule has 76 valence electrons. The van der Waals surface area contributed by atoms with Crippen molar-refractivity contribution in [2.45, 2.75) is 0 Å². The lowest BCUT2D eigenvalue weighted by atomic mass is 10.1. The third-order valence-corrected chi connectivity index (χ3v) is 1.90. The Labute approximate surface area is 83.4 Å². The minimum absolute atomic E-state index is 0.0191. The van der Waals surface area contributed by atoms with Crippen LogP contribution >= 0.6 is 0 Å². The van der Waals surface area contributed by atoms with Crippen LogP contribution in [-0.4, -0.2) is 9.97 Å². The maximum absolute atomic E-state index is 13.3. The molecule has 1 aromatic heterocycles. The number of hydrogen-bond donors (Lipinski definition) is 1. The second kappa shape index (κ2) is 3.61. The molecule has 0 unspecified atom stereocenters. The van der Waals surface area contributed by atoms with Crippen molar-refractivity contribution in [2.75, 3.05) is 0 Å². The van der Waals surface area contributed by atoms with Crippen molar-refractivity contribution in [1.82, 2.24) is 9.97 Å². The predicted molar refractivity (Wildman–Crippen MR) is 50.2 cm³/mol. The third kappa shape index (κ3) is 1.76. The van der Waals surface area contributed by atoms with Gasteiger partial charge in [0.2, 0.25) is 0 Å². The molecule has 0 bridgehead atoms. The highest BCUT2D eigenvalue weighted by Gasteiger charge is 2.11. The van der Waals surface area contributed by atoms with E-state index in [4.69, 9.17) is 0 Å². The zero-order valence-electron chi connectivity index (χ0n) is 7.50. The zero-order chi connectivity index (χ0) is 10.8. The number of hydrogen-bond acceptors (Lipinski definition) is 2. The topological polar surface area (TPSA) is 45.8 Å². The molecule has 0 aliphatic rings. The van der Waals surface area contributed by atoms with E-state index >= 15 is 0 Å². The molecule has 0 spiro atoms. The molecule has 3 nitrogen and oxygen atoms in total. The summed E-state index contributed by atoms with van der Waals surface area (Å²) in [6.07, 6.45) is 1.10. The molecule has 5 heteroatoms. The fraction of sp³-hybridized carbons (Fsp3) is 0. The van der Waals surface area contributed by atoms with Crippen molar-refractivity contribution < 1.29 is 8.78 Å². The van der Waals surface area contributed by atoms with Crippen LogP contribution in [-0.2, 0) is 0 Å². The first-order chi connectivity index (χ1) is 7.18. The average molecular weight is 208 g/mol. The van der Waals surface area contributed by atoms with Gasteiger partial charge < -0.3 is 4.98 Å². The van der Waals surface area contributed by atoms with Crippen LogP contribution in [0, 0.1) is 11.6 Å². The lowest BCUT2D eigenvalue weighted by Crippen LogP contribution is -2.05. The van der Waals surface area contributed by atoms with E-state index in [9.17, 15) is 13.6 Å². The van der Waals surface area contributed by atoms with E-state index in [1.54, 1.807) is 0 Å². The predicted octanol–water partition coefficient (Wildman–Crippen LogP) is 1.72. The minimum atomic E-state index is -0.742. The summed E-state index contributed by atoms with van der Waals surface area (Å²) in [4.78, 5) is 16.9. The number of benzene rings is 1. The van der Waals surface area contributed by atoms with Crippen LogP contribution in [0.3, 0.4) is 0 Å². The lowest BCUT2D eigenvalue weighted by molar-refractivity contribution is 0.588. The van der Waals surface area contributed by atoms with Gasteiger partial charge in [-0.05, 0) is 12.1 Å². The van der Waals surface area contributed by atoms with Gasteiger partial charge in [0.25, 0.3) is 5.56 Å².